The van der Waals surface area contributed by atoms with Crippen LogP contribution in [0.4, 0.5) is 0 Å². The highest BCUT2D eigenvalue weighted by Crippen LogP contribution is 2.15. The number of ether oxygens (including phenoxy) is 2. The Labute approximate surface area is 166 Å². The van der Waals surface area contributed by atoms with Crippen LogP contribution in [0.15, 0.2) is 35.2 Å². The Kier molecular flexibility index (Phi) is 8.44. The summed E-state index contributed by atoms with van der Waals surface area (Å²) >= 11 is 1.48. The quantitative estimate of drug-likeness (QED) is 0.565. The van der Waals surface area contributed by atoms with Gasteiger partial charge in [0.2, 0.25) is 0 Å². The number of benzene rings is 1. The standard InChI is InChI=1S/C19H18N4O4S/c20-7-1-9-23(10-2-8-21)18(24)12-27-19(25)15-3-5-17(6-4-15)26-11-16-13-28-14-22-16/h3-6,13-14H,1-2,9-12H2. The van der Waals surface area contributed by atoms with Gasteiger partial charge in [-0.3, -0.25) is 4.79 Å². The van der Waals surface area contributed by atoms with E-state index in [1.54, 1.807) is 29.8 Å². The van der Waals surface area contributed by atoms with E-state index in [1.165, 1.54) is 16.2 Å². The first-order chi connectivity index (χ1) is 13.6. The van der Waals surface area contributed by atoms with Crippen LogP contribution in [0, 0.1) is 22.7 Å². The molecule has 9 heteroatoms. The summed E-state index contributed by atoms with van der Waals surface area (Å²) in [6, 6.07) is 10.3. The second-order valence-corrected chi connectivity index (χ2v) is 6.28. The SMILES string of the molecule is N#CCCN(CCC#N)C(=O)COC(=O)c1ccc(OCc2cscn2)cc1. The molecule has 28 heavy (non-hydrogen) atoms. The van der Waals surface area contributed by atoms with Crippen molar-refractivity contribution < 1.29 is 19.1 Å². The molecule has 0 atom stereocenters. The first-order valence-electron chi connectivity index (χ1n) is 8.42. The van der Waals surface area contributed by atoms with Crippen molar-refractivity contribution in [2.75, 3.05) is 19.7 Å². The van der Waals surface area contributed by atoms with Gasteiger partial charge in [-0.2, -0.15) is 10.5 Å². The lowest BCUT2D eigenvalue weighted by Crippen LogP contribution is -2.36. The zero-order chi connectivity index (χ0) is 20.2. The Morgan fingerprint density at radius 3 is 2.36 bits per heavy atom. The summed E-state index contributed by atoms with van der Waals surface area (Å²) in [6.45, 7) is 0.278. The van der Waals surface area contributed by atoms with Gasteiger partial charge < -0.3 is 14.4 Å². The molecule has 2 aromatic rings. The topological polar surface area (TPSA) is 116 Å². The molecule has 0 aliphatic heterocycles. The molecule has 0 saturated carbocycles. The summed E-state index contributed by atoms with van der Waals surface area (Å²) in [5, 5.41) is 19.2. The van der Waals surface area contributed by atoms with Crippen molar-refractivity contribution in [3.8, 4) is 17.9 Å². The van der Waals surface area contributed by atoms with Crippen LogP contribution in [-0.4, -0.2) is 41.5 Å². The maximum absolute atomic E-state index is 12.1. The van der Waals surface area contributed by atoms with Crippen LogP contribution in [0.5, 0.6) is 5.75 Å². The molecule has 1 amide bonds. The first kappa shape index (κ1) is 20.9. The van der Waals surface area contributed by atoms with E-state index >= 15 is 0 Å². The summed E-state index contributed by atoms with van der Waals surface area (Å²) in [5.41, 5.74) is 2.83. The third-order valence-electron chi connectivity index (χ3n) is 3.63. The molecule has 144 valence electrons. The van der Waals surface area contributed by atoms with Crippen molar-refractivity contribution in [2.45, 2.75) is 19.4 Å². The minimum Gasteiger partial charge on any atom is -0.487 e. The molecular formula is C19H18N4O4S. The van der Waals surface area contributed by atoms with E-state index < -0.39 is 18.5 Å². The van der Waals surface area contributed by atoms with Gasteiger partial charge in [0.15, 0.2) is 6.61 Å². The van der Waals surface area contributed by atoms with Crippen LogP contribution >= 0.6 is 11.3 Å². The van der Waals surface area contributed by atoms with Gasteiger partial charge >= 0.3 is 5.97 Å². The second kappa shape index (κ2) is 11.3. The Balaban J connectivity index is 1.83. The fourth-order valence-corrected chi connectivity index (χ4v) is 2.73. The molecule has 8 nitrogen and oxygen atoms in total. The number of nitriles is 2. The van der Waals surface area contributed by atoms with Crippen LogP contribution in [-0.2, 0) is 16.1 Å². The van der Waals surface area contributed by atoms with E-state index in [1.807, 2.05) is 17.5 Å². The number of rotatable bonds is 10. The number of hydrogen-bond donors (Lipinski definition) is 0. The molecule has 1 aromatic heterocycles. The predicted molar refractivity (Wildman–Crippen MR) is 100 cm³/mol. The smallest absolute Gasteiger partial charge is 0.338 e. The molecule has 0 saturated heterocycles. The molecule has 1 aromatic carbocycles. The van der Waals surface area contributed by atoms with Crippen LogP contribution in [0.3, 0.4) is 0 Å². The number of nitrogens with zero attached hydrogens (tertiary/aromatic N) is 4. The molecular weight excluding hydrogens is 380 g/mol. The molecule has 0 spiro atoms. The maximum Gasteiger partial charge on any atom is 0.338 e. The number of thiazole rings is 1. The van der Waals surface area contributed by atoms with E-state index in [9.17, 15) is 9.59 Å². The average Bonchev–Trinajstić information content (AvgIpc) is 3.24. The lowest BCUT2D eigenvalue weighted by Gasteiger charge is -2.20. The van der Waals surface area contributed by atoms with Crippen molar-refractivity contribution in [3.05, 3.63) is 46.4 Å². The van der Waals surface area contributed by atoms with Gasteiger partial charge in [0.1, 0.15) is 12.4 Å². The highest BCUT2D eigenvalue weighted by Gasteiger charge is 2.16. The fourth-order valence-electron chi connectivity index (χ4n) is 2.19. The Hall–Kier alpha value is -3.43. The third-order valence-corrected chi connectivity index (χ3v) is 4.26. The van der Waals surface area contributed by atoms with Crippen molar-refractivity contribution in [3.63, 3.8) is 0 Å². The summed E-state index contributed by atoms with van der Waals surface area (Å²) in [6.07, 6.45) is 0.293. The molecule has 2 rings (SSSR count). The Bertz CT molecular complexity index is 836. The van der Waals surface area contributed by atoms with Crippen LogP contribution in [0.25, 0.3) is 0 Å². The normalized spacial score (nSPS) is 9.79. The van der Waals surface area contributed by atoms with E-state index in [0.717, 1.165) is 5.69 Å². The first-order valence-corrected chi connectivity index (χ1v) is 9.37. The number of aromatic nitrogens is 1. The molecule has 0 radical (unpaired) electrons. The van der Waals surface area contributed by atoms with E-state index in [0.29, 0.717) is 12.4 Å². The van der Waals surface area contributed by atoms with Gasteiger partial charge in [0.05, 0.1) is 41.7 Å². The minimum atomic E-state index is -0.639. The van der Waals surface area contributed by atoms with E-state index in [4.69, 9.17) is 20.0 Å². The summed E-state index contributed by atoms with van der Waals surface area (Å²) in [5.74, 6) is -0.498. The van der Waals surface area contributed by atoms with Crippen molar-refractivity contribution in [2.24, 2.45) is 0 Å². The minimum absolute atomic E-state index is 0.146. The van der Waals surface area contributed by atoms with Crippen molar-refractivity contribution in [1.82, 2.24) is 9.88 Å². The Morgan fingerprint density at radius 2 is 1.79 bits per heavy atom. The molecule has 0 N–H and O–H groups in total. The highest BCUT2D eigenvalue weighted by molar-refractivity contribution is 7.07. The largest absolute Gasteiger partial charge is 0.487 e. The van der Waals surface area contributed by atoms with Gasteiger partial charge in [-0.15, -0.1) is 11.3 Å². The number of esters is 1. The molecule has 0 aliphatic carbocycles. The van der Waals surface area contributed by atoms with E-state index in [-0.39, 0.29) is 31.5 Å². The fraction of sp³-hybridized carbons (Fsp3) is 0.316. The van der Waals surface area contributed by atoms with Crippen LogP contribution in [0.1, 0.15) is 28.9 Å². The number of carbonyl (C=O) groups excluding carboxylic acids is 2. The van der Waals surface area contributed by atoms with E-state index in [2.05, 4.69) is 4.98 Å². The maximum atomic E-state index is 12.1. The Morgan fingerprint density at radius 1 is 1.11 bits per heavy atom. The molecule has 0 aliphatic rings. The monoisotopic (exact) mass is 398 g/mol. The van der Waals surface area contributed by atoms with Crippen LogP contribution < -0.4 is 4.74 Å². The zero-order valence-corrected chi connectivity index (χ0v) is 15.9. The zero-order valence-electron chi connectivity index (χ0n) is 15.0. The lowest BCUT2D eigenvalue weighted by atomic mass is 10.2. The highest BCUT2D eigenvalue weighted by atomic mass is 32.1. The number of carbonyl (C=O) groups is 2. The van der Waals surface area contributed by atoms with Crippen molar-refractivity contribution in [1.29, 1.82) is 10.5 Å². The van der Waals surface area contributed by atoms with Gasteiger partial charge in [-0.25, -0.2) is 9.78 Å². The molecule has 0 unspecified atom stereocenters. The van der Waals surface area contributed by atoms with Gasteiger partial charge in [0.25, 0.3) is 5.91 Å². The van der Waals surface area contributed by atoms with Gasteiger partial charge in [-0.05, 0) is 24.3 Å². The summed E-state index contributed by atoms with van der Waals surface area (Å²) in [4.78, 5) is 29.7. The molecule has 0 fully saturated rings. The molecule has 0 bridgehead atoms. The second-order valence-electron chi connectivity index (χ2n) is 5.57. The third kappa shape index (κ3) is 6.71. The predicted octanol–water partition coefficient (Wildman–Crippen LogP) is 2.53. The lowest BCUT2D eigenvalue weighted by molar-refractivity contribution is -0.134. The number of hydrogen-bond acceptors (Lipinski definition) is 8. The van der Waals surface area contributed by atoms with Gasteiger partial charge in [-0.1, -0.05) is 0 Å². The summed E-state index contributed by atoms with van der Waals surface area (Å²) in [7, 11) is 0. The van der Waals surface area contributed by atoms with Gasteiger partial charge in [0, 0.05) is 18.5 Å². The van der Waals surface area contributed by atoms with Crippen LogP contribution in [0.2, 0.25) is 0 Å². The summed E-state index contributed by atoms with van der Waals surface area (Å²) < 4.78 is 10.6. The number of amides is 1. The molecule has 1 heterocycles. The van der Waals surface area contributed by atoms with Crippen molar-refractivity contribution >= 4 is 23.2 Å². The average molecular weight is 398 g/mol.